The zero-order chi connectivity index (χ0) is 14.5. The number of anilines is 1. The van der Waals surface area contributed by atoms with Gasteiger partial charge in [-0.15, -0.1) is 0 Å². The molecule has 0 atom stereocenters. The van der Waals surface area contributed by atoms with Gasteiger partial charge in [0.1, 0.15) is 18.0 Å². The molecule has 0 heterocycles. The Kier molecular flexibility index (Phi) is 3.82. The molecule has 2 rings (SSSR count). The second kappa shape index (κ2) is 5.71. The summed E-state index contributed by atoms with van der Waals surface area (Å²) in [5, 5.41) is 19.6. The predicted molar refractivity (Wildman–Crippen MR) is 73.0 cm³/mol. The van der Waals surface area contributed by atoms with Crippen LogP contribution in [0.2, 0.25) is 0 Å². The summed E-state index contributed by atoms with van der Waals surface area (Å²) in [5.74, 6) is 0.531. The van der Waals surface area contributed by atoms with Gasteiger partial charge in [0, 0.05) is 6.07 Å². The van der Waals surface area contributed by atoms with Gasteiger partial charge in [-0.2, -0.15) is 5.26 Å². The highest BCUT2D eigenvalue weighted by atomic mass is 16.6. The average Bonchev–Trinajstić information content (AvgIpc) is 2.46. The van der Waals surface area contributed by atoms with E-state index in [4.69, 9.17) is 15.7 Å². The fraction of sp³-hybridized carbons (Fsp3) is 0.0714. The highest BCUT2D eigenvalue weighted by molar-refractivity contribution is 5.59. The lowest BCUT2D eigenvalue weighted by Crippen LogP contribution is -2.00. The van der Waals surface area contributed by atoms with Crippen LogP contribution >= 0.6 is 0 Å². The van der Waals surface area contributed by atoms with Gasteiger partial charge in [-0.1, -0.05) is 12.1 Å². The molecule has 0 amide bonds. The number of hydrogen-bond donors (Lipinski definition) is 1. The van der Waals surface area contributed by atoms with Gasteiger partial charge in [0.15, 0.2) is 0 Å². The monoisotopic (exact) mass is 269 g/mol. The van der Waals surface area contributed by atoms with Gasteiger partial charge in [0.2, 0.25) is 0 Å². The van der Waals surface area contributed by atoms with Crippen molar-refractivity contribution in [3.63, 3.8) is 0 Å². The lowest BCUT2D eigenvalue weighted by atomic mass is 10.2. The predicted octanol–water partition coefficient (Wildman–Crippen LogP) is 2.63. The fourth-order valence-electron chi connectivity index (χ4n) is 1.66. The summed E-state index contributed by atoms with van der Waals surface area (Å²) >= 11 is 0. The van der Waals surface area contributed by atoms with Crippen molar-refractivity contribution in [3.05, 3.63) is 63.7 Å². The van der Waals surface area contributed by atoms with E-state index in [2.05, 4.69) is 0 Å². The topological polar surface area (TPSA) is 102 Å². The highest BCUT2D eigenvalue weighted by Crippen LogP contribution is 2.23. The lowest BCUT2D eigenvalue weighted by Gasteiger charge is -2.07. The lowest BCUT2D eigenvalue weighted by molar-refractivity contribution is -0.384. The molecule has 0 aliphatic heterocycles. The van der Waals surface area contributed by atoms with Crippen LogP contribution in [-0.2, 0) is 6.61 Å². The van der Waals surface area contributed by atoms with Crippen LogP contribution < -0.4 is 10.5 Å². The van der Waals surface area contributed by atoms with Gasteiger partial charge in [0.25, 0.3) is 5.69 Å². The van der Waals surface area contributed by atoms with Crippen LogP contribution in [-0.4, -0.2) is 4.92 Å². The molecule has 0 aliphatic carbocycles. The summed E-state index contributed by atoms with van der Waals surface area (Å²) in [6.07, 6.45) is 0. The van der Waals surface area contributed by atoms with Crippen LogP contribution in [0.4, 0.5) is 11.4 Å². The van der Waals surface area contributed by atoms with Crippen molar-refractivity contribution in [2.75, 3.05) is 5.73 Å². The van der Waals surface area contributed by atoms with E-state index in [1.54, 1.807) is 30.3 Å². The molecular weight excluding hydrogens is 258 g/mol. The minimum Gasteiger partial charge on any atom is -0.489 e. The molecule has 0 aromatic heterocycles. The Balaban J connectivity index is 2.13. The van der Waals surface area contributed by atoms with Gasteiger partial charge in [0.05, 0.1) is 16.6 Å². The number of nitro groups is 1. The first-order chi connectivity index (χ1) is 9.60. The maximum Gasteiger partial charge on any atom is 0.292 e. The Hall–Kier alpha value is -3.07. The molecule has 0 saturated carbocycles. The van der Waals surface area contributed by atoms with Gasteiger partial charge in [-0.05, 0) is 29.8 Å². The quantitative estimate of drug-likeness (QED) is 0.522. The number of nitriles is 1. The van der Waals surface area contributed by atoms with Crippen LogP contribution in [0, 0.1) is 21.4 Å². The Labute approximate surface area is 115 Å². The van der Waals surface area contributed by atoms with Crippen LogP contribution in [0.5, 0.6) is 5.75 Å². The summed E-state index contributed by atoms with van der Waals surface area (Å²) in [6, 6.07) is 13.2. The maximum absolute atomic E-state index is 10.8. The van der Waals surface area contributed by atoms with E-state index in [0.717, 1.165) is 0 Å². The standard InChI is InChI=1S/C14H11N3O3/c15-8-10-2-1-3-12(6-10)20-9-11-4-5-13(16)14(7-11)17(18)19/h1-7H,9,16H2. The van der Waals surface area contributed by atoms with Crippen molar-refractivity contribution in [3.8, 4) is 11.8 Å². The summed E-state index contributed by atoms with van der Waals surface area (Å²) in [5.41, 5.74) is 6.62. The van der Waals surface area contributed by atoms with Crippen LogP contribution in [0.3, 0.4) is 0 Å². The van der Waals surface area contributed by atoms with E-state index < -0.39 is 4.92 Å². The third-order valence-corrected chi connectivity index (χ3v) is 2.66. The average molecular weight is 269 g/mol. The fourth-order valence-corrected chi connectivity index (χ4v) is 1.66. The van der Waals surface area contributed by atoms with Crippen LogP contribution in [0.15, 0.2) is 42.5 Å². The van der Waals surface area contributed by atoms with E-state index in [-0.39, 0.29) is 18.0 Å². The first-order valence-corrected chi connectivity index (χ1v) is 5.76. The SMILES string of the molecule is N#Cc1cccc(OCc2ccc(N)c([N+](=O)[O-])c2)c1. The third kappa shape index (κ3) is 3.03. The summed E-state index contributed by atoms with van der Waals surface area (Å²) in [6.45, 7) is 0.163. The molecular formula is C14H11N3O3. The minimum atomic E-state index is -0.533. The molecule has 6 nitrogen and oxygen atoms in total. The van der Waals surface area contributed by atoms with Crippen molar-refractivity contribution >= 4 is 11.4 Å². The van der Waals surface area contributed by atoms with Crippen molar-refractivity contribution in [1.82, 2.24) is 0 Å². The molecule has 20 heavy (non-hydrogen) atoms. The number of rotatable bonds is 4. The number of nitrogens with zero attached hydrogens (tertiary/aromatic N) is 2. The molecule has 2 N–H and O–H groups in total. The third-order valence-electron chi connectivity index (χ3n) is 2.66. The summed E-state index contributed by atoms with van der Waals surface area (Å²) in [7, 11) is 0. The number of hydrogen-bond acceptors (Lipinski definition) is 5. The molecule has 0 aliphatic rings. The molecule has 100 valence electrons. The number of nitrogen functional groups attached to an aromatic ring is 1. The largest absolute Gasteiger partial charge is 0.489 e. The van der Waals surface area contributed by atoms with Crippen molar-refractivity contribution < 1.29 is 9.66 Å². The molecule has 0 saturated heterocycles. The molecule has 0 unspecified atom stereocenters. The summed E-state index contributed by atoms with van der Waals surface area (Å²) < 4.78 is 5.49. The van der Waals surface area contributed by atoms with Gasteiger partial charge < -0.3 is 10.5 Å². The van der Waals surface area contributed by atoms with Gasteiger partial charge in [-0.25, -0.2) is 0 Å². The van der Waals surface area contributed by atoms with E-state index in [0.29, 0.717) is 16.9 Å². The van der Waals surface area contributed by atoms with Crippen molar-refractivity contribution in [1.29, 1.82) is 5.26 Å². The van der Waals surface area contributed by atoms with E-state index >= 15 is 0 Å². The molecule has 2 aromatic rings. The van der Waals surface area contributed by atoms with Crippen molar-refractivity contribution in [2.45, 2.75) is 6.61 Å². The second-order valence-electron chi connectivity index (χ2n) is 4.08. The zero-order valence-electron chi connectivity index (χ0n) is 10.4. The van der Waals surface area contributed by atoms with Crippen LogP contribution in [0.25, 0.3) is 0 Å². The minimum absolute atomic E-state index is 0.116. The zero-order valence-corrected chi connectivity index (χ0v) is 10.4. The molecule has 0 radical (unpaired) electrons. The Bertz CT molecular complexity index is 692. The van der Waals surface area contributed by atoms with E-state index in [1.165, 1.54) is 12.1 Å². The molecule has 0 bridgehead atoms. The second-order valence-corrected chi connectivity index (χ2v) is 4.08. The number of ether oxygens (including phenoxy) is 1. The smallest absolute Gasteiger partial charge is 0.292 e. The first-order valence-electron chi connectivity index (χ1n) is 5.76. The molecule has 0 fully saturated rings. The van der Waals surface area contributed by atoms with Crippen LogP contribution in [0.1, 0.15) is 11.1 Å². The number of nitrogens with two attached hydrogens (primary N) is 1. The Morgan fingerprint density at radius 3 is 2.80 bits per heavy atom. The van der Waals surface area contributed by atoms with E-state index in [9.17, 15) is 10.1 Å². The van der Waals surface area contributed by atoms with Gasteiger partial charge in [-0.3, -0.25) is 10.1 Å². The maximum atomic E-state index is 10.8. The normalized spacial score (nSPS) is 9.75. The Morgan fingerprint density at radius 1 is 1.30 bits per heavy atom. The van der Waals surface area contributed by atoms with Crippen molar-refractivity contribution in [2.24, 2.45) is 0 Å². The summed E-state index contributed by atoms with van der Waals surface area (Å²) in [4.78, 5) is 10.2. The first kappa shape index (κ1) is 13.4. The molecule has 2 aromatic carbocycles. The molecule has 6 heteroatoms. The molecule has 0 spiro atoms. The number of benzene rings is 2. The van der Waals surface area contributed by atoms with E-state index in [1.807, 2.05) is 6.07 Å². The number of nitro benzene ring substituents is 1. The van der Waals surface area contributed by atoms with Gasteiger partial charge >= 0.3 is 0 Å². The highest BCUT2D eigenvalue weighted by Gasteiger charge is 2.12. The Morgan fingerprint density at radius 2 is 2.10 bits per heavy atom.